The minimum atomic E-state index is 0.413. The van der Waals surface area contributed by atoms with Crippen LogP contribution in [0.15, 0.2) is 30.7 Å². The van der Waals surface area contributed by atoms with Crippen LogP contribution in [0, 0.1) is 12.8 Å². The molecule has 8 nitrogen and oxygen atoms in total. The van der Waals surface area contributed by atoms with Crippen molar-refractivity contribution in [2.24, 2.45) is 13.0 Å². The Hall–Kier alpha value is -2.91. The highest BCUT2D eigenvalue weighted by Crippen LogP contribution is 2.37. The molecule has 0 amide bonds. The summed E-state index contributed by atoms with van der Waals surface area (Å²) in [7, 11) is 3.77. The first-order valence-electron chi connectivity index (χ1n) is 12.1. The molecule has 180 valence electrons. The van der Waals surface area contributed by atoms with E-state index in [4.69, 9.17) is 9.72 Å². The second kappa shape index (κ2) is 9.76. The molecule has 9 heteroatoms. The molecule has 5 rings (SSSR count). The standard InChI is InChI=1S/C25H33N7OS/c1-5-20-23(26-13-17-6-8-19(33-4)9-7-17)24-21(10-11-32(24)18-14-27-31(3)15-18)28-25(20)29-22-12-16(2)30-34-22/h10-12,14-15,17,19H,5-9,13H2,1-4H3,(H2,26,28,29). The molecular formula is C25H33N7OS. The van der Waals surface area contributed by atoms with E-state index in [2.05, 4.69) is 49.9 Å². The van der Waals surface area contributed by atoms with Gasteiger partial charge in [-0.25, -0.2) is 4.98 Å². The Balaban J connectivity index is 1.54. The van der Waals surface area contributed by atoms with Gasteiger partial charge in [0.15, 0.2) is 0 Å². The third-order valence-electron chi connectivity index (χ3n) is 6.81. The summed E-state index contributed by atoms with van der Waals surface area (Å²) in [6, 6.07) is 4.15. The van der Waals surface area contributed by atoms with Crippen molar-refractivity contribution in [3.05, 3.63) is 42.0 Å². The van der Waals surface area contributed by atoms with E-state index in [1.807, 2.05) is 38.2 Å². The lowest BCUT2D eigenvalue weighted by molar-refractivity contribution is 0.0585. The van der Waals surface area contributed by atoms with Crippen LogP contribution in [0.1, 0.15) is 43.9 Å². The molecule has 1 aliphatic carbocycles. The SMILES string of the molecule is CCc1c(Nc2cc(C)ns2)nc2ccn(-c3cnn(C)c3)c2c1NCC1CCC(OC)CC1. The van der Waals surface area contributed by atoms with E-state index in [0.717, 1.165) is 64.7 Å². The predicted octanol–water partition coefficient (Wildman–Crippen LogP) is 5.45. The Morgan fingerprint density at radius 1 is 1.24 bits per heavy atom. The topological polar surface area (TPSA) is 81.8 Å². The van der Waals surface area contributed by atoms with Gasteiger partial charge < -0.3 is 19.9 Å². The molecule has 0 saturated heterocycles. The quantitative estimate of drug-likeness (QED) is 0.350. The fraction of sp³-hybridized carbons (Fsp3) is 0.480. The monoisotopic (exact) mass is 479 g/mol. The van der Waals surface area contributed by atoms with Crippen LogP contribution < -0.4 is 10.6 Å². The number of ether oxygens (including phenoxy) is 1. The number of aryl methyl sites for hydroxylation is 2. The lowest BCUT2D eigenvalue weighted by Gasteiger charge is -2.28. The molecule has 0 aliphatic heterocycles. The van der Waals surface area contributed by atoms with Crippen molar-refractivity contribution < 1.29 is 4.74 Å². The van der Waals surface area contributed by atoms with Gasteiger partial charge in [0.2, 0.25) is 0 Å². The van der Waals surface area contributed by atoms with E-state index in [9.17, 15) is 0 Å². The Morgan fingerprint density at radius 2 is 2.06 bits per heavy atom. The maximum absolute atomic E-state index is 5.57. The predicted molar refractivity (Wildman–Crippen MR) is 139 cm³/mol. The average molecular weight is 480 g/mol. The largest absolute Gasteiger partial charge is 0.383 e. The molecule has 0 aromatic carbocycles. The van der Waals surface area contributed by atoms with Crippen LogP contribution in [-0.4, -0.2) is 43.5 Å². The van der Waals surface area contributed by atoms with Gasteiger partial charge in [-0.1, -0.05) is 6.92 Å². The van der Waals surface area contributed by atoms with Crippen molar-refractivity contribution in [3.8, 4) is 5.69 Å². The highest BCUT2D eigenvalue weighted by molar-refractivity contribution is 7.10. The van der Waals surface area contributed by atoms with Gasteiger partial charge in [-0.2, -0.15) is 9.47 Å². The Bertz CT molecular complexity index is 1270. The number of anilines is 3. The fourth-order valence-corrected chi connectivity index (χ4v) is 5.61. The summed E-state index contributed by atoms with van der Waals surface area (Å²) in [5, 5.41) is 12.8. The molecular weight excluding hydrogens is 446 g/mol. The minimum Gasteiger partial charge on any atom is -0.383 e. The van der Waals surface area contributed by atoms with Crippen LogP contribution in [0.25, 0.3) is 16.7 Å². The summed E-state index contributed by atoms with van der Waals surface area (Å²) in [5.41, 5.74) is 6.44. The number of fused-ring (bicyclic) bond motifs is 1. The number of nitrogens with zero attached hydrogens (tertiary/aromatic N) is 5. The molecule has 4 aromatic rings. The van der Waals surface area contributed by atoms with E-state index >= 15 is 0 Å². The maximum atomic E-state index is 5.57. The van der Waals surface area contributed by atoms with Crippen LogP contribution in [0.5, 0.6) is 0 Å². The summed E-state index contributed by atoms with van der Waals surface area (Å²) in [5.74, 6) is 1.54. The molecule has 2 N–H and O–H groups in total. The van der Waals surface area contributed by atoms with Gasteiger partial charge in [-0.3, -0.25) is 4.68 Å². The number of rotatable bonds is 8. The van der Waals surface area contributed by atoms with Crippen LogP contribution >= 0.6 is 11.5 Å². The molecule has 0 bridgehead atoms. The van der Waals surface area contributed by atoms with Crippen molar-refractivity contribution >= 4 is 39.1 Å². The number of hydrogen-bond donors (Lipinski definition) is 2. The zero-order valence-electron chi connectivity index (χ0n) is 20.3. The van der Waals surface area contributed by atoms with E-state index in [0.29, 0.717) is 12.0 Å². The first kappa shape index (κ1) is 22.9. The molecule has 1 saturated carbocycles. The lowest BCUT2D eigenvalue weighted by atomic mass is 9.87. The Morgan fingerprint density at radius 3 is 2.71 bits per heavy atom. The number of methoxy groups -OCH3 is 1. The zero-order valence-corrected chi connectivity index (χ0v) is 21.2. The van der Waals surface area contributed by atoms with Crippen LogP contribution in [-0.2, 0) is 18.2 Å². The number of nitrogens with one attached hydrogen (secondary N) is 2. The highest BCUT2D eigenvalue weighted by Gasteiger charge is 2.23. The number of pyridine rings is 1. The summed E-state index contributed by atoms with van der Waals surface area (Å²) in [6.07, 6.45) is 11.9. The molecule has 1 fully saturated rings. The van der Waals surface area contributed by atoms with Crippen molar-refractivity contribution in [1.29, 1.82) is 0 Å². The second-order valence-corrected chi connectivity index (χ2v) is 9.98. The summed E-state index contributed by atoms with van der Waals surface area (Å²) >= 11 is 1.47. The third-order valence-corrected chi connectivity index (χ3v) is 7.60. The van der Waals surface area contributed by atoms with Gasteiger partial charge in [0.1, 0.15) is 10.8 Å². The lowest BCUT2D eigenvalue weighted by Crippen LogP contribution is -2.25. The first-order valence-corrected chi connectivity index (χ1v) is 12.8. The molecule has 4 aromatic heterocycles. The van der Waals surface area contributed by atoms with E-state index in [1.54, 1.807) is 0 Å². The zero-order chi connectivity index (χ0) is 23.7. The van der Waals surface area contributed by atoms with Gasteiger partial charge in [-0.15, -0.1) is 0 Å². The van der Waals surface area contributed by atoms with E-state index in [1.165, 1.54) is 29.9 Å². The van der Waals surface area contributed by atoms with Crippen LogP contribution in [0.2, 0.25) is 0 Å². The number of aromatic nitrogens is 5. The molecule has 0 radical (unpaired) electrons. The van der Waals surface area contributed by atoms with E-state index in [-0.39, 0.29) is 0 Å². The van der Waals surface area contributed by atoms with Gasteiger partial charge in [0.25, 0.3) is 0 Å². The minimum absolute atomic E-state index is 0.413. The van der Waals surface area contributed by atoms with Crippen molar-refractivity contribution in [2.75, 3.05) is 24.3 Å². The van der Waals surface area contributed by atoms with Crippen molar-refractivity contribution in [3.63, 3.8) is 0 Å². The smallest absolute Gasteiger partial charge is 0.137 e. The summed E-state index contributed by atoms with van der Waals surface area (Å²) < 4.78 is 14.0. The van der Waals surface area contributed by atoms with Crippen molar-refractivity contribution in [2.45, 2.75) is 52.1 Å². The van der Waals surface area contributed by atoms with Crippen molar-refractivity contribution in [1.82, 2.24) is 23.7 Å². The second-order valence-electron chi connectivity index (χ2n) is 9.18. The summed E-state index contributed by atoms with van der Waals surface area (Å²) in [6.45, 7) is 5.15. The highest BCUT2D eigenvalue weighted by atomic mass is 32.1. The van der Waals surface area contributed by atoms with Crippen LogP contribution in [0.3, 0.4) is 0 Å². The fourth-order valence-electron chi connectivity index (χ4n) is 4.95. The molecule has 34 heavy (non-hydrogen) atoms. The molecule has 4 heterocycles. The maximum Gasteiger partial charge on any atom is 0.137 e. The van der Waals surface area contributed by atoms with Gasteiger partial charge >= 0.3 is 0 Å². The van der Waals surface area contributed by atoms with Gasteiger partial charge in [0.05, 0.1) is 40.4 Å². The van der Waals surface area contributed by atoms with Crippen LogP contribution in [0.4, 0.5) is 16.5 Å². The molecule has 0 spiro atoms. The summed E-state index contributed by atoms with van der Waals surface area (Å²) in [4.78, 5) is 5.04. The molecule has 1 aliphatic rings. The Labute approximate surface area is 204 Å². The molecule has 0 atom stereocenters. The molecule has 0 unspecified atom stereocenters. The normalized spacial score (nSPS) is 18.5. The Kier molecular flexibility index (Phi) is 6.56. The number of hydrogen-bond acceptors (Lipinski definition) is 7. The van der Waals surface area contributed by atoms with E-state index < -0.39 is 0 Å². The average Bonchev–Trinajstić information content (AvgIpc) is 3.57. The van der Waals surface area contributed by atoms with Gasteiger partial charge in [0, 0.05) is 38.7 Å². The third kappa shape index (κ3) is 4.54. The van der Waals surface area contributed by atoms with Gasteiger partial charge in [-0.05, 0) is 68.6 Å². The first-order chi connectivity index (χ1) is 16.6.